The van der Waals surface area contributed by atoms with E-state index in [4.69, 9.17) is 37.0 Å². The van der Waals surface area contributed by atoms with E-state index in [0.717, 1.165) is 121 Å². The van der Waals surface area contributed by atoms with Crippen LogP contribution in [0.4, 0.5) is 0 Å². The van der Waals surface area contributed by atoms with Gasteiger partial charge in [0, 0.05) is 25.7 Å². The predicted molar refractivity (Wildman–Crippen MR) is 395 cm³/mol. The molecule has 0 spiro atoms. The fourth-order valence-corrected chi connectivity index (χ4v) is 13.0. The number of esters is 4. The number of unbranched alkanes of at least 4 members (excludes halogenated alkanes) is 38. The molecular weight excluding hydrogens is 1270 g/mol. The van der Waals surface area contributed by atoms with Crippen LogP contribution in [0.25, 0.3) is 0 Å². The maximum Gasteiger partial charge on any atom is 0.472 e. The molecule has 0 saturated heterocycles. The summed E-state index contributed by atoms with van der Waals surface area (Å²) in [6.07, 6.45) is 57.8. The van der Waals surface area contributed by atoms with Crippen molar-refractivity contribution in [1.29, 1.82) is 0 Å². The molecule has 17 nitrogen and oxygen atoms in total. The SMILES string of the molecule is CCCCCC/C=C\C=C/CCCCCCCC(=O)O[C@H](COC(=O)CCCCCCCCC(C)C)COP(=O)(O)OC[C@H](O)COP(=O)(O)OC[C@@H](COC(=O)CCCCCCCCCCCCCCC(C)C)OC(=O)CCCCCCCCCCCCCCCCC(C)CC. The average molecular weight is 1420 g/mol. The van der Waals surface area contributed by atoms with Crippen molar-refractivity contribution in [3.05, 3.63) is 24.3 Å². The second-order valence-electron chi connectivity index (χ2n) is 28.6. The lowest BCUT2D eigenvalue weighted by molar-refractivity contribution is -0.161. The van der Waals surface area contributed by atoms with Crippen molar-refractivity contribution in [2.45, 2.75) is 394 Å². The topological polar surface area (TPSA) is 237 Å². The van der Waals surface area contributed by atoms with Gasteiger partial charge in [-0.3, -0.25) is 37.3 Å². The van der Waals surface area contributed by atoms with Crippen molar-refractivity contribution < 1.29 is 80.2 Å². The maximum atomic E-state index is 13.1. The summed E-state index contributed by atoms with van der Waals surface area (Å²) < 4.78 is 68.5. The molecule has 19 heteroatoms. The van der Waals surface area contributed by atoms with Gasteiger partial charge in [0.15, 0.2) is 12.2 Å². The van der Waals surface area contributed by atoms with Gasteiger partial charge in [-0.1, -0.05) is 323 Å². The molecule has 0 aromatic rings. The predicted octanol–water partition coefficient (Wildman–Crippen LogP) is 22.5. The molecule has 3 N–H and O–H groups in total. The van der Waals surface area contributed by atoms with Crippen molar-refractivity contribution in [1.82, 2.24) is 0 Å². The van der Waals surface area contributed by atoms with Crippen LogP contribution in [0.3, 0.4) is 0 Å². The zero-order chi connectivity index (χ0) is 71.6. The summed E-state index contributed by atoms with van der Waals surface area (Å²) in [6.45, 7) is 11.8. The number of phosphoric acid groups is 2. The minimum Gasteiger partial charge on any atom is -0.462 e. The molecule has 0 radical (unpaired) electrons. The number of hydrogen-bond donors (Lipinski definition) is 3. The highest BCUT2D eigenvalue weighted by Gasteiger charge is 2.30. The van der Waals surface area contributed by atoms with Crippen LogP contribution in [0.15, 0.2) is 24.3 Å². The molecule has 0 aliphatic rings. The first-order chi connectivity index (χ1) is 46.8. The van der Waals surface area contributed by atoms with Crippen LogP contribution in [0.1, 0.15) is 376 Å². The third-order valence-corrected chi connectivity index (χ3v) is 19.8. The summed E-state index contributed by atoms with van der Waals surface area (Å²) >= 11 is 0. The molecule has 0 aliphatic heterocycles. The van der Waals surface area contributed by atoms with Crippen LogP contribution < -0.4 is 0 Å². The Morgan fingerprint density at radius 2 is 0.608 bits per heavy atom. The highest BCUT2D eigenvalue weighted by molar-refractivity contribution is 7.47. The molecular formula is C78H148O17P2. The molecule has 3 unspecified atom stereocenters. The zero-order valence-corrected chi connectivity index (χ0v) is 64.8. The van der Waals surface area contributed by atoms with Crippen molar-refractivity contribution >= 4 is 39.5 Å². The van der Waals surface area contributed by atoms with Gasteiger partial charge in [-0.05, 0) is 69.1 Å². The lowest BCUT2D eigenvalue weighted by Crippen LogP contribution is -2.30. The molecule has 0 fully saturated rings. The third kappa shape index (κ3) is 70.4. The van der Waals surface area contributed by atoms with E-state index < -0.39 is 97.5 Å². The second-order valence-corrected chi connectivity index (χ2v) is 31.5. The Morgan fingerprint density at radius 1 is 0.340 bits per heavy atom. The van der Waals surface area contributed by atoms with Gasteiger partial charge in [-0.15, -0.1) is 0 Å². The van der Waals surface area contributed by atoms with E-state index in [0.29, 0.717) is 31.6 Å². The molecule has 6 atom stereocenters. The smallest absolute Gasteiger partial charge is 0.462 e. The molecule has 0 aliphatic carbocycles. The molecule has 0 bridgehead atoms. The number of hydrogen-bond acceptors (Lipinski definition) is 15. The van der Waals surface area contributed by atoms with Crippen LogP contribution in [0.5, 0.6) is 0 Å². The Balaban J connectivity index is 5.27. The Morgan fingerprint density at radius 3 is 0.918 bits per heavy atom. The van der Waals surface area contributed by atoms with Gasteiger partial charge in [0.1, 0.15) is 19.3 Å². The Hall–Kier alpha value is -2.46. The quantitative estimate of drug-likeness (QED) is 0.0169. The van der Waals surface area contributed by atoms with Crippen LogP contribution in [0.2, 0.25) is 0 Å². The van der Waals surface area contributed by atoms with Crippen molar-refractivity contribution in [3.63, 3.8) is 0 Å². The van der Waals surface area contributed by atoms with Crippen LogP contribution in [0, 0.1) is 17.8 Å². The summed E-state index contributed by atoms with van der Waals surface area (Å²) in [5, 5.41) is 10.6. The maximum absolute atomic E-state index is 13.1. The Bertz CT molecular complexity index is 1980. The summed E-state index contributed by atoms with van der Waals surface area (Å²) in [5.41, 5.74) is 0. The van der Waals surface area contributed by atoms with Gasteiger partial charge in [-0.2, -0.15) is 0 Å². The summed E-state index contributed by atoms with van der Waals surface area (Å²) in [5.74, 6) is 0.153. The van der Waals surface area contributed by atoms with E-state index in [9.17, 15) is 43.2 Å². The summed E-state index contributed by atoms with van der Waals surface area (Å²) in [6, 6.07) is 0. The fourth-order valence-electron chi connectivity index (χ4n) is 11.4. The number of aliphatic hydroxyl groups excluding tert-OH is 1. The van der Waals surface area contributed by atoms with E-state index in [2.05, 4.69) is 72.8 Å². The highest BCUT2D eigenvalue weighted by atomic mass is 31.2. The molecule has 97 heavy (non-hydrogen) atoms. The Labute approximate surface area is 592 Å². The summed E-state index contributed by atoms with van der Waals surface area (Å²) in [7, 11) is -9.93. The summed E-state index contributed by atoms with van der Waals surface area (Å²) in [4.78, 5) is 72.8. The second kappa shape index (κ2) is 68.0. The minimum absolute atomic E-state index is 0.0838. The van der Waals surface area contributed by atoms with Gasteiger partial charge < -0.3 is 33.8 Å². The lowest BCUT2D eigenvalue weighted by Gasteiger charge is -2.21. The number of aliphatic hydroxyl groups is 1. The highest BCUT2D eigenvalue weighted by Crippen LogP contribution is 2.45. The first-order valence-corrected chi connectivity index (χ1v) is 42.7. The number of ether oxygens (including phenoxy) is 4. The van der Waals surface area contributed by atoms with Gasteiger partial charge in [-0.25, -0.2) is 9.13 Å². The fraction of sp³-hybridized carbons (Fsp3) is 0.897. The van der Waals surface area contributed by atoms with Crippen molar-refractivity contribution in [3.8, 4) is 0 Å². The number of phosphoric ester groups is 2. The molecule has 0 amide bonds. The van der Waals surface area contributed by atoms with E-state index >= 15 is 0 Å². The Kier molecular flexibility index (Phi) is 66.3. The standard InChI is InChI=1S/C78H148O17P2/c1-8-10-11-12-13-14-15-16-17-21-28-33-38-47-54-62-78(83)95-74(66-89-76(81)60-53-46-41-40-43-50-57-70(5)6)68-93-97(86,87)91-64-72(79)63-90-96(84,85)92-67-73(65-88-75(80)59-52-45-37-32-27-24-23-25-30-35-42-49-56-69(3)4)94-77(82)61-55-48-39-34-29-22-19-18-20-26-31-36-44-51-58-71(7)9-2/h14-17,69-74,79H,8-13,18-68H2,1-7H3,(H,84,85)(H,86,87)/b15-14-,17-16-/t71?,72-,73-,74-/m1/s1. The van der Waals surface area contributed by atoms with Crippen LogP contribution in [-0.4, -0.2) is 96.7 Å². The van der Waals surface area contributed by atoms with Gasteiger partial charge in [0.05, 0.1) is 26.4 Å². The lowest BCUT2D eigenvalue weighted by atomic mass is 9.99. The van der Waals surface area contributed by atoms with Crippen LogP contribution >= 0.6 is 15.6 Å². The normalized spacial score (nSPS) is 14.5. The molecule has 572 valence electrons. The van der Waals surface area contributed by atoms with E-state index in [1.165, 1.54) is 167 Å². The van der Waals surface area contributed by atoms with E-state index in [1.807, 2.05) is 0 Å². The van der Waals surface area contributed by atoms with Crippen molar-refractivity contribution in [2.75, 3.05) is 39.6 Å². The van der Waals surface area contributed by atoms with Crippen molar-refractivity contribution in [2.24, 2.45) is 17.8 Å². The number of rotatable bonds is 74. The first kappa shape index (κ1) is 94.5. The monoisotopic (exact) mass is 1420 g/mol. The third-order valence-electron chi connectivity index (χ3n) is 17.9. The van der Waals surface area contributed by atoms with E-state index in [-0.39, 0.29) is 25.7 Å². The number of carbonyl (C=O) groups excluding carboxylic acids is 4. The van der Waals surface area contributed by atoms with Gasteiger partial charge >= 0.3 is 39.5 Å². The van der Waals surface area contributed by atoms with E-state index in [1.54, 1.807) is 0 Å². The molecule has 0 aromatic heterocycles. The molecule has 0 rings (SSSR count). The van der Waals surface area contributed by atoms with Crippen LogP contribution in [-0.2, 0) is 65.4 Å². The number of carbonyl (C=O) groups is 4. The minimum atomic E-state index is -4.96. The molecule has 0 aromatic carbocycles. The number of allylic oxidation sites excluding steroid dienone is 4. The average Bonchev–Trinajstić information content (AvgIpc) is 1.05. The van der Waals surface area contributed by atoms with Gasteiger partial charge in [0.2, 0.25) is 0 Å². The molecule has 0 heterocycles. The van der Waals surface area contributed by atoms with Gasteiger partial charge in [0.25, 0.3) is 0 Å². The zero-order valence-electron chi connectivity index (χ0n) is 63.0. The largest absolute Gasteiger partial charge is 0.472 e. The molecule has 0 saturated carbocycles. The first-order valence-electron chi connectivity index (χ1n) is 39.7.